The second kappa shape index (κ2) is 6.45. The minimum absolute atomic E-state index is 0.0119. The van der Waals surface area contributed by atoms with Gasteiger partial charge in [-0.1, -0.05) is 31.2 Å². The zero-order chi connectivity index (χ0) is 20.6. The number of esters is 1. The fourth-order valence-corrected chi connectivity index (χ4v) is 9.36. The van der Waals surface area contributed by atoms with Crippen LogP contribution in [0.1, 0.15) is 78.6 Å². The van der Waals surface area contributed by atoms with Crippen LogP contribution >= 0.6 is 11.8 Å². The molecule has 4 fully saturated rings. The molecule has 1 saturated heterocycles. The predicted octanol–water partition coefficient (Wildman–Crippen LogP) is 4.85. The van der Waals surface area contributed by atoms with Gasteiger partial charge in [0.05, 0.1) is 0 Å². The zero-order valence-corrected chi connectivity index (χ0v) is 18.6. The van der Waals surface area contributed by atoms with Crippen molar-refractivity contribution in [3.63, 3.8) is 0 Å². The summed E-state index contributed by atoms with van der Waals surface area (Å²) < 4.78 is 6.06. The standard InChI is InChI=1S/C24H32O4S/c1-14(25)29-19-13-15-12-16(26)4-8-22(15,2)17-5-9-23(3)18(21(17)19)6-10-24(23)11-7-20(27)28-24/h12,17-19,21H,4-11,13H2,1-3H3/t17?,18?,19-,21?,22-,23-,24+/m0/s1. The van der Waals surface area contributed by atoms with Gasteiger partial charge in [0.25, 0.3) is 0 Å². The minimum Gasteiger partial charge on any atom is -0.458 e. The molecule has 0 N–H and O–H groups in total. The van der Waals surface area contributed by atoms with E-state index in [2.05, 4.69) is 13.8 Å². The lowest BCUT2D eigenvalue weighted by atomic mass is 9.46. The number of hydrogen-bond donors (Lipinski definition) is 0. The maximum absolute atomic E-state index is 12.2. The van der Waals surface area contributed by atoms with Crippen LogP contribution in [0, 0.1) is 28.6 Å². The smallest absolute Gasteiger partial charge is 0.306 e. The van der Waals surface area contributed by atoms with E-state index in [4.69, 9.17) is 4.74 Å². The number of carbonyl (C=O) groups excluding carboxylic acids is 3. The number of carbonyl (C=O) groups is 3. The molecule has 0 aromatic carbocycles. The highest BCUT2D eigenvalue weighted by Crippen LogP contribution is 2.70. The molecule has 3 saturated carbocycles. The lowest BCUT2D eigenvalue weighted by Gasteiger charge is -2.61. The molecule has 3 unspecified atom stereocenters. The van der Waals surface area contributed by atoms with E-state index in [1.807, 2.05) is 6.08 Å². The van der Waals surface area contributed by atoms with E-state index in [0.29, 0.717) is 30.6 Å². The Labute approximate surface area is 177 Å². The summed E-state index contributed by atoms with van der Waals surface area (Å²) in [5.74, 6) is 1.67. The Bertz CT molecular complexity index is 818. The number of thioether (sulfide) groups is 1. The van der Waals surface area contributed by atoms with Crippen LogP contribution in [0.2, 0.25) is 0 Å². The van der Waals surface area contributed by atoms with Crippen molar-refractivity contribution in [3.05, 3.63) is 11.6 Å². The molecule has 1 heterocycles. The van der Waals surface area contributed by atoms with Gasteiger partial charge in [-0.2, -0.15) is 0 Å². The SMILES string of the molecule is CC(=O)S[C@H]1CC2=CC(=O)CC[C@]2(C)C2CC[C@@]3(C)C(CC[C@@]34CCC(=O)O4)C21. The molecule has 0 radical (unpaired) electrons. The van der Waals surface area contributed by atoms with Crippen molar-refractivity contribution < 1.29 is 19.1 Å². The summed E-state index contributed by atoms with van der Waals surface area (Å²) in [6.45, 7) is 6.42. The minimum atomic E-state index is -0.287. The molecule has 1 spiro atoms. The summed E-state index contributed by atoms with van der Waals surface area (Å²) in [6.07, 6.45) is 10.0. The summed E-state index contributed by atoms with van der Waals surface area (Å²) in [6, 6.07) is 0. The highest BCUT2D eigenvalue weighted by Gasteiger charge is 2.68. The van der Waals surface area contributed by atoms with Crippen LogP contribution < -0.4 is 0 Å². The van der Waals surface area contributed by atoms with Gasteiger partial charge in [-0.15, -0.1) is 0 Å². The van der Waals surface area contributed by atoms with Crippen molar-refractivity contribution in [1.82, 2.24) is 0 Å². The van der Waals surface area contributed by atoms with Crippen LogP contribution in [0.25, 0.3) is 0 Å². The first-order valence-electron chi connectivity index (χ1n) is 11.3. The van der Waals surface area contributed by atoms with Gasteiger partial charge in [0, 0.05) is 30.4 Å². The summed E-state index contributed by atoms with van der Waals surface area (Å²) >= 11 is 1.50. The molecule has 0 amide bonds. The molecule has 1 aliphatic heterocycles. The highest BCUT2D eigenvalue weighted by molar-refractivity contribution is 8.14. The molecular weight excluding hydrogens is 384 g/mol. The monoisotopic (exact) mass is 416 g/mol. The van der Waals surface area contributed by atoms with E-state index in [1.54, 1.807) is 6.92 Å². The third-order valence-electron chi connectivity index (χ3n) is 9.61. The first kappa shape index (κ1) is 19.8. The van der Waals surface area contributed by atoms with Gasteiger partial charge in [0.2, 0.25) is 0 Å². The Balaban J connectivity index is 1.56. The number of rotatable bonds is 1. The molecule has 158 valence electrons. The van der Waals surface area contributed by atoms with Gasteiger partial charge in [-0.3, -0.25) is 14.4 Å². The van der Waals surface area contributed by atoms with Crippen LogP contribution in [-0.4, -0.2) is 27.7 Å². The Morgan fingerprint density at radius 1 is 1.07 bits per heavy atom. The van der Waals surface area contributed by atoms with Crippen molar-refractivity contribution in [3.8, 4) is 0 Å². The number of allylic oxidation sites excluding steroid dienone is 1. The van der Waals surface area contributed by atoms with Crippen molar-refractivity contribution in [2.75, 3.05) is 0 Å². The zero-order valence-electron chi connectivity index (χ0n) is 17.8. The Morgan fingerprint density at radius 3 is 2.52 bits per heavy atom. The second-order valence-electron chi connectivity index (χ2n) is 10.7. The van der Waals surface area contributed by atoms with Crippen LogP contribution in [0.5, 0.6) is 0 Å². The van der Waals surface area contributed by atoms with E-state index in [9.17, 15) is 14.4 Å². The van der Waals surface area contributed by atoms with E-state index in [0.717, 1.165) is 44.9 Å². The Morgan fingerprint density at radius 2 is 1.83 bits per heavy atom. The summed E-state index contributed by atoms with van der Waals surface area (Å²) in [7, 11) is 0. The summed E-state index contributed by atoms with van der Waals surface area (Å²) in [5, 5.41) is 0.409. The third-order valence-corrected chi connectivity index (χ3v) is 10.7. The van der Waals surface area contributed by atoms with E-state index in [-0.39, 0.29) is 38.5 Å². The lowest BCUT2D eigenvalue weighted by Crippen LogP contribution is -2.57. The fourth-order valence-electron chi connectivity index (χ4n) is 8.13. The molecule has 0 bridgehead atoms. The largest absolute Gasteiger partial charge is 0.458 e. The quantitative estimate of drug-likeness (QED) is 0.572. The fraction of sp³-hybridized carbons (Fsp3) is 0.792. The number of ether oxygens (including phenoxy) is 1. The van der Waals surface area contributed by atoms with Crippen molar-refractivity contribution >= 4 is 28.6 Å². The predicted molar refractivity (Wildman–Crippen MR) is 112 cm³/mol. The van der Waals surface area contributed by atoms with Gasteiger partial charge < -0.3 is 4.74 Å². The van der Waals surface area contributed by atoms with Crippen molar-refractivity contribution in [1.29, 1.82) is 0 Å². The first-order valence-corrected chi connectivity index (χ1v) is 12.2. The maximum atomic E-state index is 12.2. The van der Waals surface area contributed by atoms with E-state index >= 15 is 0 Å². The molecule has 0 aromatic rings. The van der Waals surface area contributed by atoms with Gasteiger partial charge >= 0.3 is 5.97 Å². The van der Waals surface area contributed by atoms with Gasteiger partial charge in [0.1, 0.15) is 5.60 Å². The number of fused-ring (bicyclic) bond motifs is 6. The average molecular weight is 417 g/mol. The summed E-state index contributed by atoms with van der Waals surface area (Å²) in [5.41, 5.74) is 1.09. The molecule has 7 atom stereocenters. The van der Waals surface area contributed by atoms with E-state index < -0.39 is 0 Å². The average Bonchev–Trinajstić information content (AvgIpc) is 3.17. The molecule has 4 nitrogen and oxygen atoms in total. The van der Waals surface area contributed by atoms with Crippen LogP contribution in [0.3, 0.4) is 0 Å². The van der Waals surface area contributed by atoms with Crippen molar-refractivity contribution in [2.45, 2.75) is 89.4 Å². The van der Waals surface area contributed by atoms with Crippen LogP contribution in [-0.2, 0) is 19.1 Å². The van der Waals surface area contributed by atoms with Crippen molar-refractivity contribution in [2.24, 2.45) is 28.6 Å². The normalized spacial score (nSPS) is 48.6. The molecule has 4 aliphatic carbocycles. The Hall–Kier alpha value is -1.10. The van der Waals surface area contributed by atoms with E-state index in [1.165, 1.54) is 17.3 Å². The second-order valence-corrected chi connectivity index (χ2v) is 12.1. The van der Waals surface area contributed by atoms with Gasteiger partial charge in [-0.05, 0) is 74.2 Å². The molecule has 29 heavy (non-hydrogen) atoms. The first-order chi connectivity index (χ1) is 13.7. The summed E-state index contributed by atoms with van der Waals surface area (Å²) in [4.78, 5) is 36.4. The maximum Gasteiger partial charge on any atom is 0.306 e. The van der Waals surface area contributed by atoms with Crippen LogP contribution in [0.15, 0.2) is 11.6 Å². The molecule has 5 aliphatic rings. The third kappa shape index (κ3) is 2.68. The Kier molecular flexibility index (Phi) is 4.41. The molecule has 0 aromatic heterocycles. The molecular formula is C24H32O4S. The molecule has 5 heteroatoms. The highest BCUT2D eigenvalue weighted by atomic mass is 32.2. The number of hydrogen-bond acceptors (Lipinski definition) is 5. The molecule has 5 rings (SSSR count). The number of ketones is 1. The van der Waals surface area contributed by atoms with Gasteiger partial charge in [-0.25, -0.2) is 0 Å². The topological polar surface area (TPSA) is 60.4 Å². The lowest BCUT2D eigenvalue weighted by molar-refractivity contribution is -0.167. The van der Waals surface area contributed by atoms with Crippen LogP contribution in [0.4, 0.5) is 0 Å². The van der Waals surface area contributed by atoms with Gasteiger partial charge in [0.15, 0.2) is 10.9 Å².